The highest BCUT2D eigenvalue weighted by Crippen LogP contribution is 2.35. The first-order valence-electron chi connectivity index (χ1n) is 3.63. The molecule has 0 saturated carbocycles. The number of benzene rings is 1. The zero-order valence-electron chi connectivity index (χ0n) is 6.80. The topological polar surface area (TPSA) is 0 Å². The summed E-state index contributed by atoms with van der Waals surface area (Å²) in [6.45, 7) is 0. The molecule has 0 aliphatic heterocycles. The molecule has 13 heavy (non-hydrogen) atoms. The summed E-state index contributed by atoms with van der Waals surface area (Å²) in [4.78, 5) is 0.951. The van der Waals surface area contributed by atoms with Gasteiger partial charge in [-0.05, 0) is 39.7 Å². The summed E-state index contributed by atoms with van der Waals surface area (Å²) >= 11 is 6.37. The maximum absolute atomic E-state index is 13.6. The van der Waals surface area contributed by atoms with Crippen molar-refractivity contribution in [2.45, 2.75) is 4.90 Å². The Bertz CT molecular complexity index is 450. The third kappa shape index (κ3) is 1.51. The van der Waals surface area contributed by atoms with Crippen LogP contribution in [0.4, 0.5) is 4.39 Å². The van der Waals surface area contributed by atoms with Crippen LogP contribution in [-0.2, 0) is 0 Å². The van der Waals surface area contributed by atoms with Gasteiger partial charge in [-0.25, -0.2) is 4.39 Å². The van der Waals surface area contributed by atoms with E-state index in [1.54, 1.807) is 23.1 Å². The Balaban J connectivity index is 2.83. The van der Waals surface area contributed by atoms with Crippen LogP contribution in [0.5, 0.6) is 0 Å². The van der Waals surface area contributed by atoms with Gasteiger partial charge in [0.25, 0.3) is 0 Å². The highest BCUT2D eigenvalue weighted by molar-refractivity contribution is 9.10. The molecule has 0 aliphatic rings. The van der Waals surface area contributed by atoms with Crippen LogP contribution >= 0.6 is 39.0 Å². The standard InChI is InChI=1S/C9H6BrFS2/c1-12-7-4-6-5(2-3-13-6)9(11)8(7)10/h2-4H,1H3. The van der Waals surface area contributed by atoms with E-state index in [0.29, 0.717) is 9.86 Å². The van der Waals surface area contributed by atoms with Crippen molar-refractivity contribution < 1.29 is 4.39 Å². The Morgan fingerprint density at radius 3 is 3.00 bits per heavy atom. The van der Waals surface area contributed by atoms with Crippen molar-refractivity contribution in [3.8, 4) is 0 Å². The molecule has 0 nitrogen and oxygen atoms in total. The number of thioether (sulfide) groups is 1. The van der Waals surface area contributed by atoms with Gasteiger partial charge in [-0.15, -0.1) is 23.1 Å². The molecule has 1 heterocycles. The molecule has 4 heteroatoms. The van der Waals surface area contributed by atoms with Crippen molar-refractivity contribution in [1.29, 1.82) is 0 Å². The van der Waals surface area contributed by atoms with Gasteiger partial charge >= 0.3 is 0 Å². The van der Waals surface area contributed by atoms with E-state index in [4.69, 9.17) is 0 Å². The summed E-state index contributed by atoms with van der Waals surface area (Å²) in [7, 11) is 0. The lowest BCUT2D eigenvalue weighted by Gasteiger charge is -2.02. The van der Waals surface area contributed by atoms with Crippen molar-refractivity contribution >= 4 is 49.1 Å². The Morgan fingerprint density at radius 1 is 1.54 bits per heavy atom. The normalized spacial score (nSPS) is 11.0. The molecule has 2 aromatic rings. The van der Waals surface area contributed by atoms with Crippen LogP contribution in [0, 0.1) is 5.82 Å². The van der Waals surface area contributed by atoms with Crippen molar-refractivity contribution in [3.05, 3.63) is 27.8 Å². The maximum Gasteiger partial charge on any atom is 0.147 e. The Hall–Kier alpha value is -0.0600. The third-order valence-corrected chi connectivity index (χ3v) is 4.49. The molecule has 0 aliphatic carbocycles. The van der Waals surface area contributed by atoms with Gasteiger partial charge in [0, 0.05) is 15.0 Å². The van der Waals surface area contributed by atoms with Crippen LogP contribution in [0.25, 0.3) is 10.1 Å². The Kier molecular flexibility index (Phi) is 2.62. The van der Waals surface area contributed by atoms with Gasteiger partial charge in [-0.2, -0.15) is 0 Å². The Labute approximate surface area is 92.3 Å². The van der Waals surface area contributed by atoms with Crippen LogP contribution in [0.15, 0.2) is 26.9 Å². The smallest absolute Gasteiger partial charge is 0.147 e. The number of hydrogen-bond acceptors (Lipinski definition) is 2. The largest absolute Gasteiger partial charge is 0.205 e. The summed E-state index contributed by atoms with van der Waals surface area (Å²) in [6.07, 6.45) is 1.94. The monoisotopic (exact) mass is 276 g/mol. The van der Waals surface area contributed by atoms with Crippen LogP contribution < -0.4 is 0 Å². The summed E-state index contributed by atoms with van der Waals surface area (Å²) in [5, 5.41) is 2.61. The molecule has 1 aromatic heterocycles. The average Bonchev–Trinajstić information content (AvgIpc) is 2.59. The van der Waals surface area contributed by atoms with Gasteiger partial charge < -0.3 is 0 Å². The molecule has 0 fully saturated rings. The van der Waals surface area contributed by atoms with Gasteiger partial charge in [0.1, 0.15) is 5.82 Å². The van der Waals surface area contributed by atoms with E-state index >= 15 is 0 Å². The third-order valence-electron chi connectivity index (χ3n) is 1.82. The second-order valence-electron chi connectivity index (χ2n) is 2.54. The van der Waals surface area contributed by atoms with Crippen molar-refractivity contribution in [2.24, 2.45) is 0 Å². The second kappa shape index (κ2) is 3.59. The molecule has 0 bridgehead atoms. The molecule has 0 N–H and O–H groups in total. The first-order chi connectivity index (χ1) is 6.24. The second-order valence-corrected chi connectivity index (χ2v) is 5.13. The van der Waals surface area contributed by atoms with Crippen LogP contribution in [0.2, 0.25) is 0 Å². The lowest BCUT2D eigenvalue weighted by Crippen LogP contribution is -1.81. The predicted octanol–water partition coefficient (Wildman–Crippen LogP) is 4.52. The molecule has 0 radical (unpaired) electrons. The minimum Gasteiger partial charge on any atom is -0.205 e. The zero-order valence-corrected chi connectivity index (χ0v) is 10.0. The summed E-state index contributed by atoms with van der Waals surface area (Å²) in [5.41, 5.74) is 0. The number of rotatable bonds is 1. The van der Waals surface area contributed by atoms with Crippen molar-refractivity contribution in [3.63, 3.8) is 0 Å². The fourth-order valence-electron chi connectivity index (χ4n) is 1.17. The van der Waals surface area contributed by atoms with Crippen LogP contribution in [0.1, 0.15) is 0 Å². The maximum atomic E-state index is 13.6. The molecule has 0 amide bonds. The van der Waals surface area contributed by atoms with Crippen LogP contribution in [-0.4, -0.2) is 6.26 Å². The fourth-order valence-corrected chi connectivity index (χ4v) is 3.39. The minimum atomic E-state index is -0.150. The lowest BCUT2D eigenvalue weighted by atomic mass is 10.2. The van der Waals surface area contributed by atoms with E-state index < -0.39 is 0 Å². The first-order valence-corrected chi connectivity index (χ1v) is 6.53. The van der Waals surface area contributed by atoms with Gasteiger partial charge in [0.2, 0.25) is 0 Å². The zero-order chi connectivity index (χ0) is 9.42. The van der Waals surface area contributed by atoms with Crippen LogP contribution in [0.3, 0.4) is 0 Å². The minimum absolute atomic E-state index is 0.150. The molecule has 1 aromatic carbocycles. The fraction of sp³-hybridized carbons (Fsp3) is 0.111. The predicted molar refractivity (Wildman–Crippen MR) is 61.3 cm³/mol. The molecule has 0 unspecified atom stereocenters. The molecule has 0 spiro atoms. The van der Waals surface area contributed by atoms with Crippen molar-refractivity contribution in [1.82, 2.24) is 0 Å². The van der Waals surface area contributed by atoms with E-state index in [9.17, 15) is 4.39 Å². The van der Waals surface area contributed by atoms with E-state index in [2.05, 4.69) is 15.9 Å². The van der Waals surface area contributed by atoms with E-state index in [0.717, 1.165) is 9.60 Å². The summed E-state index contributed by atoms with van der Waals surface area (Å²) in [5.74, 6) is -0.150. The van der Waals surface area contributed by atoms with E-state index in [-0.39, 0.29) is 5.82 Å². The highest BCUT2D eigenvalue weighted by atomic mass is 79.9. The number of hydrogen-bond donors (Lipinski definition) is 0. The average molecular weight is 277 g/mol. The quantitative estimate of drug-likeness (QED) is 0.690. The van der Waals surface area contributed by atoms with E-state index in [1.165, 1.54) is 0 Å². The van der Waals surface area contributed by atoms with Gasteiger partial charge in [0.15, 0.2) is 0 Å². The lowest BCUT2D eigenvalue weighted by molar-refractivity contribution is 0.629. The Morgan fingerprint density at radius 2 is 2.31 bits per heavy atom. The van der Waals surface area contributed by atoms with Gasteiger partial charge in [-0.1, -0.05) is 0 Å². The summed E-state index contributed by atoms with van der Waals surface area (Å²) in [6, 6.07) is 3.82. The summed E-state index contributed by atoms with van der Waals surface area (Å²) < 4.78 is 15.2. The highest BCUT2D eigenvalue weighted by Gasteiger charge is 2.10. The SMILES string of the molecule is CSc1cc2sccc2c(F)c1Br. The molecular weight excluding hydrogens is 271 g/mol. The molecule has 2 rings (SSSR count). The van der Waals surface area contributed by atoms with Gasteiger partial charge in [0.05, 0.1) is 4.47 Å². The molecular formula is C9H6BrFS2. The first kappa shape index (κ1) is 9.49. The van der Waals surface area contributed by atoms with Crippen molar-refractivity contribution in [2.75, 3.05) is 6.26 Å². The molecule has 0 saturated heterocycles. The number of fused-ring (bicyclic) bond motifs is 1. The molecule has 68 valence electrons. The van der Waals surface area contributed by atoms with Gasteiger partial charge in [-0.3, -0.25) is 0 Å². The molecule has 0 atom stereocenters. The number of halogens is 2. The number of thiophene rings is 1. The van der Waals surface area contributed by atoms with E-state index in [1.807, 2.05) is 23.8 Å².